The Bertz CT molecular complexity index is 259. The zero-order valence-electron chi connectivity index (χ0n) is 12.6. The van der Waals surface area contributed by atoms with Crippen molar-refractivity contribution in [2.24, 2.45) is 10.9 Å². The van der Waals surface area contributed by atoms with Crippen molar-refractivity contribution in [1.29, 1.82) is 0 Å². The molecule has 0 heterocycles. The van der Waals surface area contributed by atoms with Crippen LogP contribution in [0.4, 0.5) is 0 Å². The minimum Gasteiger partial charge on any atom is -0.382 e. The van der Waals surface area contributed by atoms with Crippen molar-refractivity contribution < 1.29 is 9.47 Å². The van der Waals surface area contributed by atoms with E-state index in [0.29, 0.717) is 19.3 Å². The van der Waals surface area contributed by atoms with E-state index >= 15 is 0 Å². The van der Waals surface area contributed by atoms with Crippen LogP contribution < -0.4 is 10.6 Å². The van der Waals surface area contributed by atoms with E-state index in [1.807, 2.05) is 0 Å². The molecule has 5 heteroatoms. The Kier molecular flexibility index (Phi) is 8.58. The SMILES string of the molecule is CCNC(=NCCCCOCCOC)NC1CC1C. The summed E-state index contributed by atoms with van der Waals surface area (Å²) >= 11 is 0. The molecule has 0 aromatic carbocycles. The zero-order chi connectivity index (χ0) is 13.9. The molecule has 19 heavy (non-hydrogen) atoms. The first-order valence-electron chi connectivity index (χ1n) is 7.39. The van der Waals surface area contributed by atoms with Gasteiger partial charge in [0.15, 0.2) is 5.96 Å². The van der Waals surface area contributed by atoms with Crippen molar-refractivity contribution in [3.63, 3.8) is 0 Å². The van der Waals surface area contributed by atoms with E-state index in [9.17, 15) is 0 Å². The van der Waals surface area contributed by atoms with E-state index in [2.05, 4.69) is 29.5 Å². The molecule has 1 rings (SSSR count). The third-order valence-electron chi connectivity index (χ3n) is 3.17. The molecule has 0 radical (unpaired) electrons. The second kappa shape index (κ2) is 10.0. The fourth-order valence-corrected chi connectivity index (χ4v) is 1.77. The Morgan fingerprint density at radius 1 is 1.26 bits per heavy atom. The Labute approximate surface area is 117 Å². The average Bonchev–Trinajstić information content (AvgIpc) is 3.08. The number of nitrogens with zero attached hydrogens (tertiary/aromatic N) is 1. The predicted molar refractivity (Wildman–Crippen MR) is 78.6 cm³/mol. The van der Waals surface area contributed by atoms with Crippen molar-refractivity contribution in [2.75, 3.05) is 40.0 Å². The van der Waals surface area contributed by atoms with E-state index in [0.717, 1.165) is 44.4 Å². The number of ether oxygens (including phenoxy) is 2. The first kappa shape index (κ1) is 16.2. The second-order valence-electron chi connectivity index (χ2n) is 5.04. The highest BCUT2D eigenvalue weighted by Crippen LogP contribution is 2.28. The van der Waals surface area contributed by atoms with E-state index in [1.54, 1.807) is 7.11 Å². The number of hydrogen-bond acceptors (Lipinski definition) is 3. The summed E-state index contributed by atoms with van der Waals surface area (Å²) in [7, 11) is 1.69. The van der Waals surface area contributed by atoms with Crippen LogP contribution in [0.25, 0.3) is 0 Å². The maximum atomic E-state index is 5.41. The Hall–Kier alpha value is -0.810. The van der Waals surface area contributed by atoms with E-state index in [-0.39, 0.29) is 0 Å². The van der Waals surface area contributed by atoms with Crippen molar-refractivity contribution in [3.8, 4) is 0 Å². The third-order valence-corrected chi connectivity index (χ3v) is 3.17. The van der Waals surface area contributed by atoms with Gasteiger partial charge in [0.2, 0.25) is 0 Å². The average molecular weight is 271 g/mol. The molecule has 0 aromatic rings. The van der Waals surface area contributed by atoms with Crippen LogP contribution in [0.3, 0.4) is 0 Å². The molecule has 1 saturated carbocycles. The van der Waals surface area contributed by atoms with Crippen molar-refractivity contribution in [3.05, 3.63) is 0 Å². The summed E-state index contributed by atoms with van der Waals surface area (Å²) in [5, 5.41) is 6.74. The van der Waals surface area contributed by atoms with Gasteiger partial charge in [-0.1, -0.05) is 6.92 Å². The van der Waals surface area contributed by atoms with Gasteiger partial charge in [-0.3, -0.25) is 4.99 Å². The Morgan fingerprint density at radius 2 is 2.05 bits per heavy atom. The first-order chi connectivity index (χ1) is 9.27. The summed E-state index contributed by atoms with van der Waals surface area (Å²) in [5.74, 6) is 1.75. The lowest BCUT2D eigenvalue weighted by Gasteiger charge is -2.10. The number of methoxy groups -OCH3 is 1. The molecule has 2 N–H and O–H groups in total. The maximum Gasteiger partial charge on any atom is 0.191 e. The Balaban J connectivity index is 2.03. The van der Waals surface area contributed by atoms with Gasteiger partial charge < -0.3 is 20.1 Å². The fraction of sp³-hybridized carbons (Fsp3) is 0.929. The molecule has 112 valence electrons. The summed E-state index contributed by atoms with van der Waals surface area (Å²) in [5.41, 5.74) is 0. The van der Waals surface area contributed by atoms with Crippen LogP contribution in [0.2, 0.25) is 0 Å². The monoisotopic (exact) mass is 271 g/mol. The highest BCUT2D eigenvalue weighted by molar-refractivity contribution is 5.80. The molecule has 0 bridgehead atoms. The largest absolute Gasteiger partial charge is 0.382 e. The van der Waals surface area contributed by atoms with E-state index in [1.165, 1.54) is 6.42 Å². The van der Waals surface area contributed by atoms with Crippen LogP contribution in [0.15, 0.2) is 4.99 Å². The summed E-state index contributed by atoms with van der Waals surface area (Å²) in [6, 6.07) is 0.621. The number of unbranched alkanes of at least 4 members (excludes halogenated alkanes) is 1. The smallest absolute Gasteiger partial charge is 0.191 e. The molecule has 0 spiro atoms. The van der Waals surface area contributed by atoms with E-state index in [4.69, 9.17) is 9.47 Å². The number of aliphatic imine (C=N–C) groups is 1. The van der Waals surface area contributed by atoms with Gasteiger partial charge in [0.25, 0.3) is 0 Å². The zero-order valence-corrected chi connectivity index (χ0v) is 12.6. The molecule has 1 aliphatic carbocycles. The van der Waals surface area contributed by atoms with Gasteiger partial charge in [-0.05, 0) is 32.1 Å². The number of rotatable bonds is 10. The minimum absolute atomic E-state index is 0.621. The number of hydrogen-bond donors (Lipinski definition) is 2. The van der Waals surface area contributed by atoms with Crippen LogP contribution in [-0.4, -0.2) is 52.0 Å². The van der Waals surface area contributed by atoms with Crippen molar-refractivity contribution >= 4 is 5.96 Å². The van der Waals surface area contributed by atoms with Crippen molar-refractivity contribution in [2.45, 2.75) is 39.2 Å². The molecule has 5 nitrogen and oxygen atoms in total. The van der Waals surface area contributed by atoms with Gasteiger partial charge in [-0.2, -0.15) is 0 Å². The summed E-state index contributed by atoms with van der Waals surface area (Å²) < 4.78 is 10.3. The lowest BCUT2D eigenvalue weighted by Crippen LogP contribution is -2.39. The van der Waals surface area contributed by atoms with Gasteiger partial charge in [-0.25, -0.2) is 0 Å². The summed E-state index contributed by atoms with van der Waals surface area (Å²) in [6.45, 7) is 8.27. The van der Waals surface area contributed by atoms with Gasteiger partial charge in [0, 0.05) is 32.8 Å². The van der Waals surface area contributed by atoms with Crippen LogP contribution in [-0.2, 0) is 9.47 Å². The quantitative estimate of drug-likeness (QED) is 0.358. The predicted octanol–water partition coefficient (Wildman–Crippen LogP) is 1.39. The van der Waals surface area contributed by atoms with Crippen LogP contribution in [0, 0.1) is 5.92 Å². The molecule has 2 atom stereocenters. The maximum absolute atomic E-state index is 5.41. The number of nitrogens with one attached hydrogen (secondary N) is 2. The van der Waals surface area contributed by atoms with Crippen LogP contribution >= 0.6 is 0 Å². The van der Waals surface area contributed by atoms with Crippen LogP contribution in [0.5, 0.6) is 0 Å². The topological polar surface area (TPSA) is 54.9 Å². The molecule has 0 amide bonds. The minimum atomic E-state index is 0.621. The van der Waals surface area contributed by atoms with Crippen molar-refractivity contribution in [1.82, 2.24) is 10.6 Å². The van der Waals surface area contributed by atoms with Crippen LogP contribution in [0.1, 0.15) is 33.1 Å². The van der Waals surface area contributed by atoms with Gasteiger partial charge in [0.1, 0.15) is 0 Å². The lowest BCUT2D eigenvalue weighted by atomic mass is 10.3. The molecule has 2 unspecified atom stereocenters. The molecular formula is C14H29N3O2. The normalized spacial score (nSPS) is 22.4. The standard InChI is InChI=1S/C14H29N3O2/c1-4-15-14(17-13-11-12(13)2)16-7-5-6-8-19-10-9-18-3/h12-13H,4-11H2,1-3H3,(H2,15,16,17). The van der Waals surface area contributed by atoms with Gasteiger partial charge >= 0.3 is 0 Å². The second-order valence-corrected chi connectivity index (χ2v) is 5.04. The van der Waals surface area contributed by atoms with Gasteiger partial charge in [-0.15, -0.1) is 0 Å². The molecule has 0 saturated heterocycles. The Morgan fingerprint density at radius 3 is 2.68 bits per heavy atom. The molecule has 1 aliphatic rings. The molecular weight excluding hydrogens is 242 g/mol. The highest BCUT2D eigenvalue weighted by atomic mass is 16.5. The number of guanidine groups is 1. The third kappa shape index (κ3) is 8.06. The highest BCUT2D eigenvalue weighted by Gasteiger charge is 2.33. The summed E-state index contributed by atoms with van der Waals surface area (Å²) in [6.07, 6.45) is 3.37. The molecule has 1 fully saturated rings. The van der Waals surface area contributed by atoms with Gasteiger partial charge in [0.05, 0.1) is 13.2 Å². The lowest BCUT2D eigenvalue weighted by molar-refractivity contribution is 0.0690. The fourth-order valence-electron chi connectivity index (χ4n) is 1.77. The van der Waals surface area contributed by atoms with E-state index < -0.39 is 0 Å². The molecule has 0 aliphatic heterocycles. The summed E-state index contributed by atoms with van der Waals surface area (Å²) in [4.78, 5) is 4.58. The first-order valence-corrected chi connectivity index (χ1v) is 7.39. The molecule has 0 aromatic heterocycles.